The summed E-state index contributed by atoms with van der Waals surface area (Å²) in [6, 6.07) is 21.3. The number of methoxy groups -OCH3 is 1. The van der Waals surface area contributed by atoms with Crippen LogP contribution >= 0.6 is 11.3 Å². The van der Waals surface area contributed by atoms with Crippen LogP contribution in [0.25, 0.3) is 10.1 Å². The molecule has 1 heterocycles. The van der Waals surface area contributed by atoms with Gasteiger partial charge in [0.2, 0.25) is 0 Å². The number of carbonyl (C=O) groups is 2. The summed E-state index contributed by atoms with van der Waals surface area (Å²) in [5.74, 6) is -0.404. The number of carbonyl (C=O) groups excluding carboxylic acids is 2. The minimum Gasteiger partial charge on any atom is -0.489 e. The lowest BCUT2D eigenvalue weighted by molar-refractivity contribution is -0.123. The Bertz CT molecular complexity index is 1310. The molecule has 1 aromatic heterocycles. The standard InChI is InChI=1S/C26H23FN2O5S/c1-32-15-20-24-21(27)8-5-9-22(24)35-25(20)26(31)29-28-23(30)16-34-19-12-10-18(11-13-19)33-14-17-6-3-2-4-7-17/h2-13H,14-16H2,1H3,(H,28,30)(H,29,31). The zero-order valence-corrected chi connectivity index (χ0v) is 19.7. The van der Waals surface area contributed by atoms with Crippen molar-refractivity contribution >= 4 is 33.2 Å². The van der Waals surface area contributed by atoms with Crippen LogP contribution < -0.4 is 20.3 Å². The molecule has 0 aliphatic heterocycles. The molecular formula is C26H23FN2O5S. The SMILES string of the molecule is COCc1c(C(=O)NNC(=O)COc2ccc(OCc3ccccc3)cc2)sc2cccc(F)c12. The Hall–Kier alpha value is -3.95. The molecule has 4 aromatic rings. The molecule has 9 heteroatoms. The Labute approximate surface area is 205 Å². The molecule has 2 amide bonds. The summed E-state index contributed by atoms with van der Waals surface area (Å²) in [5.41, 5.74) is 6.15. The second-order valence-electron chi connectivity index (χ2n) is 7.49. The van der Waals surface area contributed by atoms with E-state index in [0.717, 1.165) is 16.9 Å². The van der Waals surface area contributed by atoms with Gasteiger partial charge in [-0.3, -0.25) is 20.4 Å². The highest BCUT2D eigenvalue weighted by molar-refractivity contribution is 7.21. The molecule has 0 unspecified atom stereocenters. The van der Waals surface area contributed by atoms with Crippen LogP contribution in [0.15, 0.2) is 72.8 Å². The third-order valence-electron chi connectivity index (χ3n) is 5.02. The molecule has 0 aliphatic carbocycles. The first kappa shape index (κ1) is 24.2. The van der Waals surface area contributed by atoms with E-state index in [4.69, 9.17) is 14.2 Å². The minimum atomic E-state index is -0.564. The van der Waals surface area contributed by atoms with Gasteiger partial charge in [0.25, 0.3) is 11.8 Å². The molecule has 0 radical (unpaired) electrons. The number of thiophene rings is 1. The fourth-order valence-electron chi connectivity index (χ4n) is 3.37. The molecule has 4 rings (SSSR count). The Morgan fingerprint density at radius 2 is 1.57 bits per heavy atom. The summed E-state index contributed by atoms with van der Waals surface area (Å²) in [6.07, 6.45) is 0. The van der Waals surface area contributed by atoms with Gasteiger partial charge in [0.1, 0.15) is 28.8 Å². The van der Waals surface area contributed by atoms with Gasteiger partial charge < -0.3 is 14.2 Å². The lowest BCUT2D eigenvalue weighted by Crippen LogP contribution is -2.43. The third-order valence-corrected chi connectivity index (χ3v) is 6.21. The van der Waals surface area contributed by atoms with Gasteiger partial charge in [0.05, 0.1) is 6.61 Å². The first-order valence-corrected chi connectivity index (χ1v) is 11.5. The quantitative estimate of drug-likeness (QED) is 0.332. The molecule has 35 heavy (non-hydrogen) atoms. The van der Waals surface area contributed by atoms with Crippen LogP contribution in [0.5, 0.6) is 11.5 Å². The summed E-state index contributed by atoms with van der Waals surface area (Å²) in [4.78, 5) is 25.1. The van der Waals surface area contributed by atoms with E-state index in [9.17, 15) is 14.0 Å². The fourth-order valence-corrected chi connectivity index (χ4v) is 4.49. The van der Waals surface area contributed by atoms with E-state index in [1.807, 2.05) is 30.3 Å². The molecular weight excluding hydrogens is 471 g/mol. The summed E-state index contributed by atoms with van der Waals surface area (Å²) in [7, 11) is 1.47. The first-order chi connectivity index (χ1) is 17.0. The van der Waals surface area contributed by atoms with E-state index >= 15 is 0 Å². The van der Waals surface area contributed by atoms with E-state index in [0.29, 0.717) is 33.8 Å². The maximum Gasteiger partial charge on any atom is 0.280 e. The number of ether oxygens (including phenoxy) is 3. The predicted octanol–water partition coefficient (Wildman–Crippen LogP) is 4.61. The smallest absolute Gasteiger partial charge is 0.280 e. The highest BCUT2D eigenvalue weighted by Gasteiger charge is 2.21. The van der Waals surface area contributed by atoms with Crippen molar-refractivity contribution in [3.05, 3.63) is 94.6 Å². The third kappa shape index (κ3) is 6.14. The van der Waals surface area contributed by atoms with Gasteiger partial charge in [0.15, 0.2) is 6.61 Å². The average Bonchev–Trinajstić information content (AvgIpc) is 3.26. The average molecular weight is 495 g/mol. The van der Waals surface area contributed by atoms with Crippen molar-refractivity contribution in [3.63, 3.8) is 0 Å². The van der Waals surface area contributed by atoms with Crippen molar-refractivity contribution in [1.29, 1.82) is 0 Å². The van der Waals surface area contributed by atoms with Crippen molar-refractivity contribution in [2.24, 2.45) is 0 Å². The number of fused-ring (bicyclic) bond motifs is 1. The van der Waals surface area contributed by atoms with Crippen LogP contribution in [0.2, 0.25) is 0 Å². The van der Waals surface area contributed by atoms with E-state index in [-0.39, 0.29) is 18.1 Å². The lowest BCUT2D eigenvalue weighted by atomic mass is 10.1. The fraction of sp³-hybridized carbons (Fsp3) is 0.154. The van der Waals surface area contributed by atoms with Gasteiger partial charge in [0, 0.05) is 22.8 Å². The van der Waals surface area contributed by atoms with E-state index in [1.165, 1.54) is 13.2 Å². The van der Waals surface area contributed by atoms with Gasteiger partial charge in [-0.15, -0.1) is 11.3 Å². The molecule has 0 bridgehead atoms. The van der Waals surface area contributed by atoms with Crippen molar-refractivity contribution in [2.45, 2.75) is 13.2 Å². The van der Waals surface area contributed by atoms with Crippen molar-refractivity contribution in [3.8, 4) is 11.5 Å². The van der Waals surface area contributed by atoms with Gasteiger partial charge in [-0.2, -0.15) is 0 Å². The molecule has 0 saturated carbocycles. The Morgan fingerprint density at radius 3 is 2.29 bits per heavy atom. The molecule has 0 aliphatic rings. The Balaban J connectivity index is 1.27. The molecule has 0 spiro atoms. The van der Waals surface area contributed by atoms with E-state index in [2.05, 4.69) is 10.9 Å². The van der Waals surface area contributed by atoms with Gasteiger partial charge in [-0.1, -0.05) is 36.4 Å². The molecule has 0 fully saturated rings. The van der Waals surface area contributed by atoms with Crippen molar-refractivity contribution in [1.82, 2.24) is 10.9 Å². The number of benzene rings is 3. The predicted molar refractivity (Wildman–Crippen MR) is 131 cm³/mol. The topological polar surface area (TPSA) is 85.9 Å². The number of halogens is 1. The molecule has 2 N–H and O–H groups in total. The zero-order chi connectivity index (χ0) is 24.6. The molecule has 180 valence electrons. The highest BCUT2D eigenvalue weighted by Crippen LogP contribution is 2.33. The summed E-state index contributed by atoms with van der Waals surface area (Å²) in [6.45, 7) is 0.198. The molecule has 3 aromatic carbocycles. The summed E-state index contributed by atoms with van der Waals surface area (Å²) in [5, 5.41) is 0.343. The van der Waals surface area contributed by atoms with Crippen LogP contribution in [-0.2, 0) is 22.7 Å². The van der Waals surface area contributed by atoms with Crippen molar-refractivity contribution in [2.75, 3.05) is 13.7 Å². The number of hydrogen-bond donors (Lipinski definition) is 2. The Morgan fingerprint density at radius 1 is 0.857 bits per heavy atom. The van der Waals surface area contributed by atoms with Gasteiger partial charge >= 0.3 is 0 Å². The maximum absolute atomic E-state index is 14.3. The largest absolute Gasteiger partial charge is 0.489 e. The summed E-state index contributed by atoms with van der Waals surface area (Å²) < 4.78 is 31.2. The van der Waals surface area contributed by atoms with Crippen LogP contribution in [-0.4, -0.2) is 25.5 Å². The van der Waals surface area contributed by atoms with Crippen LogP contribution in [0, 0.1) is 5.82 Å². The number of rotatable bonds is 9. The van der Waals surface area contributed by atoms with E-state index in [1.54, 1.807) is 36.4 Å². The monoisotopic (exact) mass is 494 g/mol. The van der Waals surface area contributed by atoms with Crippen LogP contribution in [0.4, 0.5) is 4.39 Å². The number of hydrogen-bond acceptors (Lipinski definition) is 6. The first-order valence-electron chi connectivity index (χ1n) is 10.7. The van der Waals surface area contributed by atoms with Gasteiger partial charge in [-0.25, -0.2) is 4.39 Å². The molecule has 0 saturated heterocycles. The normalized spacial score (nSPS) is 10.7. The molecule has 7 nitrogen and oxygen atoms in total. The van der Waals surface area contributed by atoms with Crippen LogP contribution in [0.1, 0.15) is 20.8 Å². The second kappa shape index (κ2) is 11.5. The summed E-state index contributed by atoms with van der Waals surface area (Å²) >= 11 is 1.13. The van der Waals surface area contributed by atoms with Crippen LogP contribution in [0.3, 0.4) is 0 Å². The zero-order valence-electron chi connectivity index (χ0n) is 18.9. The van der Waals surface area contributed by atoms with Gasteiger partial charge in [-0.05, 0) is 42.0 Å². The second-order valence-corrected chi connectivity index (χ2v) is 8.54. The number of hydrazine groups is 1. The lowest BCUT2D eigenvalue weighted by Gasteiger charge is -2.10. The number of nitrogens with one attached hydrogen (secondary N) is 2. The van der Waals surface area contributed by atoms with Crippen molar-refractivity contribution < 1.29 is 28.2 Å². The minimum absolute atomic E-state index is 0.0613. The molecule has 0 atom stereocenters. The van der Waals surface area contributed by atoms with E-state index < -0.39 is 17.6 Å². The maximum atomic E-state index is 14.3. The Kier molecular flexibility index (Phi) is 7.92. The number of amides is 2. The highest BCUT2D eigenvalue weighted by atomic mass is 32.1.